The molecule has 9 heteroatoms. The van der Waals surface area contributed by atoms with Crippen LogP contribution in [0.5, 0.6) is 23.0 Å². The Morgan fingerprint density at radius 1 is 0.188 bits per heavy atom. The molecule has 0 aliphatic heterocycles. The van der Waals surface area contributed by atoms with Crippen LogP contribution in [0, 0.1) is 0 Å². The zero-order chi connectivity index (χ0) is 78.3. The van der Waals surface area contributed by atoms with Crippen molar-refractivity contribution in [3.8, 4) is 112 Å². The molecule has 117 heavy (non-hydrogen) atoms. The van der Waals surface area contributed by atoms with Gasteiger partial charge in [-0.3, -0.25) is 0 Å². The molecule has 0 aliphatic rings. The third-order valence-corrected chi connectivity index (χ3v) is 28.0. The Balaban J connectivity index is 0.833. The minimum atomic E-state index is -4.64. The number of thiophene rings is 2. The summed E-state index contributed by atoms with van der Waals surface area (Å²) in [5, 5.41) is 20.2. The number of methoxy groups -OCH3 is 4. The second kappa shape index (κ2) is 27.7. The number of benzene rings is 20. The van der Waals surface area contributed by atoms with Gasteiger partial charge in [-0.1, -0.05) is 267 Å². The molecule has 0 amide bonds. The number of ether oxygens (including phenoxy) is 4. The van der Waals surface area contributed by atoms with Gasteiger partial charge < -0.3 is 18.9 Å². The lowest BCUT2D eigenvalue weighted by atomic mass is 9.85. The van der Waals surface area contributed by atoms with Crippen LogP contribution in [-0.2, 0) is 9.84 Å². The minimum absolute atomic E-state index is 0.231. The second-order valence-corrected chi connectivity index (χ2v) is 34.2. The van der Waals surface area contributed by atoms with Gasteiger partial charge in [-0.2, -0.15) is 0 Å². The fourth-order valence-corrected chi connectivity index (χ4v) is 23.2. The van der Waals surface area contributed by atoms with Crippen molar-refractivity contribution < 1.29 is 27.4 Å². The monoisotopic (exact) mass is 1560 g/mol. The second-order valence-electron chi connectivity index (χ2n) is 30.1. The van der Waals surface area contributed by atoms with E-state index in [-0.39, 0.29) is 9.79 Å². The number of hydrogen-bond donors (Lipinski definition) is 0. The third-order valence-electron chi connectivity index (χ3n) is 24.0. The van der Waals surface area contributed by atoms with E-state index in [9.17, 15) is 0 Å². The topological polar surface area (TPSA) is 71.1 Å². The van der Waals surface area contributed by atoms with E-state index in [0.717, 1.165) is 228 Å². The van der Waals surface area contributed by atoms with Gasteiger partial charge in [0.05, 0.1) is 38.2 Å². The molecule has 0 atom stereocenters. The molecule has 0 N–H and O–H groups in total. The van der Waals surface area contributed by atoms with Gasteiger partial charge in [-0.05, 0) is 260 Å². The Bertz CT molecular complexity index is 7340. The molecule has 0 spiro atoms. The molecule has 0 fully saturated rings. The molecule has 2 aromatic heterocycles. The van der Waals surface area contributed by atoms with E-state index in [2.05, 4.69) is 291 Å². The fraction of sp³-hybridized carbons (Fsp3) is 0.0370. The van der Waals surface area contributed by atoms with Crippen LogP contribution in [0.4, 0.5) is 0 Å². The third kappa shape index (κ3) is 11.1. The summed E-state index contributed by atoms with van der Waals surface area (Å²) in [5.74, 6) is 3.14. The van der Waals surface area contributed by atoms with Gasteiger partial charge in [0.1, 0.15) is 23.0 Å². The van der Waals surface area contributed by atoms with Crippen LogP contribution in [0.25, 0.3) is 216 Å². The van der Waals surface area contributed by atoms with Gasteiger partial charge in [0.2, 0.25) is 9.84 Å². The maximum atomic E-state index is 18.3. The predicted molar refractivity (Wildman–Crippen MR) is 494 cm³/mol. The van der Waals surface area contributed by atoms with Crippen LogP contribution in [0.1, 0.15) is 0 Å². The summed E-state index contributed by atoms with van der Waals surface area (Å²) in [6.07, 6.45) is 0. The molecular weight excluding hydrogens is 1490 g/mol. The number of sulfone groups is 1. The van der Waals surface area contributed by atoms with E-state index < -0.39 is 9.84 Å². The largest absolute Gasteiger partial charge is 0.497 e. The molecule has 2 heterocycles. The summed E-state index contributed by atoms with van der Waals surface area (Å²) < 4.78 is 62.9. The summed E-state index contributed by atoms with van der Waals surface area (Å²) in [4.78, 5) is 0.463. The van der Waals surface area contributed by atoms with Gasteiger partial charge in [0, 0.05) is 40.3 Å². The SMILES string of the molecule is COc1ccc(-c2c3ccccc3c(-c3ccc4c(c3)sc3cc(-c5c6ccccc6c(-c6ccc(OC)cc6)c6ccccc56)cc(S(=O)(=O)c5cc(-c6c7ccccc7c(-c7ccc(OC)cc7)c7ccccc67)cc6sc7cc(-c8c9ccccc9c(-c9ccc(OC)cc9)c9ccccc89)ccc7c56)c34)c3ccccc23)cc1. The van der Waals surface area contributed by atoms with Gasteiger partial charge in [0.25, 0.3) is 0 Å². The first-order chi connectivity index (χ1) is 57.6. The Hall–Kier alpha value is -13.9. The molecule has 0 aliphatic carbocycles. The predicted octanol–water partition coefficient (Wildman–Crippen LogP) is 29.9. The van der Waals surface area contributed by atoms with Crippen molar-refractivity contribution in [2.45, 2.75) is 9.79 Å². The Morgan fingerprint density at radius 2 is 0.368 bits per heavy atom. The molecule has 0 saturated carbocycles. The van der Waals surface area contributed by atoms with Crippen molar-refractivity contribution in [2.24, 2.45) is 0 Å². The molecule has 0 unspecified atom stereocenters. The van der Waals surface area contributed by atoms with E-state index in [1.165, 1.54) is 0 Å². The molecule has 556 valence electrons. The molecule has 6 nitrogen and oxygen atoms in total. The number of fused-ring (bicyclic) bond motifs is 14. The van der Waals surface area contributed by atoms with Crippen molar-refractivity contribution in [1.29, 1.82) is 0 Å². The highest BCUT2D eigenvalue weighted by Gasteiger charge is 2.32. The highest BCUT2D eigenvalue weighted by molar-refractivity contribution is 7.92. The maximum absolute atomic E-state index is 18.3. The highest BCUT2D eigenvalue weighted by Crippen LogP contribution is 2.55. The van der Waals surface area contributed by atoms with Crippen molar-refractivity contribution in [3.05, 3.63) is 352 Å². The number of rotatable bonds is 14. The van der Waals surface area contributed by atoms with Crippen LogP contribution in [-0.4, -0.2) is 36.9 Å². The van der Waals surface area contributed by atoms with Crippen molar-refractivity contribution >= 4 is 159 Å². The lowest BCUT2D eigenvalue weighted by molar-refractivity contribution is 0.415. The summed E-state index contributed by atoms with van der Waals surface area (Å²) in [6.45, 7) is 0. The van der Waals surface area contributed by atoms with Crippen molar-refractivity contribution in [1.82, 2.24) is 0 Å². The smallest absolute Gasteiger partial charge is 0.207 e. The van der Waals surface area contributed by atoms with E-state index >= 15 is 8.42 Å². The van der Waals surface area contributed by atoms with Crippen LogP contribution in [0.3, 0.4) is 0 Å². The molecular formula is C108H70O6S3. The van der Waals surface area contributed by atoms with Crippen LogP contribution >= 0.6 is 22.7 Å². The van der Waals surface area contributed by atoms with E-state index in [4.69, 9.17) is 18.9 Å². The first-order valence-corrected chi connectivity index (χ1v) is 42.3. The average molecular weight is 1560 g/mol. The minimum Gasteiger partial charge on any atom is -0.497 e. The lowest BCUT2D eigenvalue weighted by Crippen LogP contribution is -2.05. The molecule has 0 saturated heterocycles. The van der Waals surface area contributed by atoms with E-state index in [1.807, 2.05) is 60.7 Å². The quantitative estimate of drug-likeness (QED) is 0.101. The van der Waals surface area contributed by atoms with Gasteiger partial charge >= 0.3 is 0 Å². The standard InChI is InChI=1S/C108H70O6S3/c1-111-71-47-37-63(38-48-71)99-75-21-5-13-29-83(75)103(84-30-14-6-22-76(84)99)67-45-55-91-93(57-67)115-95-59-69(105-87-33-17-9-25-79(87)101(80-26-10-18-34-88(80)105)65-41-51-73(113-3)52-42-65)61-97(107(91)95)117(109,110)98-62-70(106-89-35-19-11-27-81(89)102(82-28-12-20-36-90(82)106)66-43-53-74(114-4)54-44-66)60-96-108(98)92-56-46-68(58-94(92)116-96)104-85-31-15-7-23-77(85)100(78-24-8-16-32-86(78)104)64-39-49-72(112-2)50-40-64/h5-62H,1-4H3. The fourth-order valence-electron chi connectivity index (χ4n) is 18.9. The molecule has 0 radical (unpaired) electrons. The van der Waals surface area contributed by atoms with Gasteiger partial charge in [-0.25, -0.2) is 8.42 Å². The lowest BCUT2D eigenvalue weighted by Gasteiger charge is -2.20. The molecule has 0 bridgehead atoms. The van der Waals surface area contributed by atoms with Gasteiger partial charge in [0.15, 0.2) is 0 Å². The Morgan fingerprint density at radius 3 is 0.573 bits per heavy atom. The van der Waals surface area contributed by atoms with Crippen molar-refractivity contribution in [3.63, 3.8) is 0 Å². The first kappa shape index (κ1) is 69.8. The highest BCUT2D eigenvalue weighted by atomic mass is 32.2. The maximum Gasteiger partial charge on any atom is 0.207 e. The number of hydrogen-bond acceptors (Lipinski definition) is 8. The Kier molecular flexibility index (Phi) is 16.5. The molecule has 22 rings (SSSR count). The average Bonchev–Trinajstić information content (AvgIpc) is 1.63. The summed E-state index contributed by atoms with van der Waals surface area (Å²) in [7, 11) is 2.15. The molecule has 22 aromatic rings. The summed E-state index contributed by atoms with van der Waals surface area (Å²) in [5.41, 5.74) is 16.5. The van der Waals surface area contributed by atoms with Crippen LogP contribution in [0.15, 0.2) is 362 Å². The van der Waals surface area contributed by atoms with E-state index in [0.29, 0.717) is 10.8 Å². The van der Waals surface area contributed by atoms with Gasteiger partial charge in [-0.15, -0.1) is 22.7 Å². The first-order valence-electron chi connectivity index (χ1n) is 39.2. The summed E-state index contributed by atoms with van der Waals surface area (Å²) >= 11 is 3.30. The Labute approximate surface area is 683 Å². The normalized spacial score (nSPS) is 12.0. The van der Waals surface area contributed by atoms with Crippen LogP contribution < -0.4 is 18.9 Å². The summed E-state index contributed by atoms with van der Waals surface area (Å²) in [6, 6.07) is 125. The zero-order valence-electron chi connectivity index (χ0n) is 64.2. The van der Waals surface area contributed by atoms with Crippen LogP contribution in [0.2, 0.25) is 0 Å². The zero-order valence-corrected chi connectivity index (χ0v) is 66.6. The van der Waals surface area contributed by atoms with Crippen molar-refractivity contribution in [2.75, 3.05) is 28.4 Å². The molecule has 20 aromatic carbocycles. The van der Waals surface area contributed by atoms with E-state index in [1.54, 1.807) is 51.1 Å².